The van der Waals surface area contributed by atoms with Gasteiger partial charge in [0.1, 0.15) is 11.9 Å². The Labute approximate surface area is 252 Å². The van der Waals surface area contributed by atoms with Crippen molar-refractivity contribution in [3.05, 3.63) is 83.6 Å². The maximum atomic E-state index is 12.9. The zero-order valence-corrected chi connectivity index (χ0v) is 25.1. The zero-order chi connectivity index (χ0) is 31.4. The standard InChI is InChI=1S/C32H38N8O3/c1-6-18-34-30-25(21-35-32(38-30)37-26-16-14-24(15-17-26)29(33)42)13-12-23-9-7-10-27(20-23)36-31(43)22(2)40(5)28(41)11-8-19-39(3)4/h7-11,14-17,20-22H,6,18-19H2,1-5H3,(H2,33,42)(H,36,43)(H2,34,35,37,38). The van der Waals surface area contributed by atoms with Crippen molar-refractivity contribution >= 4 is 40.9 Å². The van der Waals surface area contributed by atoms with Gasteiger partial charge >= 0.3 is 0 Å². The molecule has 0 spiro atoms. The van der Waals surface area contributed by atoms with Crippen LogP contribution in [0, 0.1) is 11.8 Å². The summed E-state index contributed by atoms with van der Waals surface area (Å²) in [5, 5.41) is 9.27. The van der Waals surface area contributed by atoms with E-state index in [1.165, 1.54) is 11.0 Å². The largest absolute Gasteiger partial charge is 0.369 e. The van der Waals surface area contributed by atoms with Gasteiger partial charge in [-0.25, -0.2) is 4.98 Å². The second-order valence-corrected chi connectivity index (χ2v) is 10.1. The molecule has 0 aliphatic heterocycles. The van der Waals surface area contributed by atoms with Gasteiger partial charge in [0.25, 0.3) is 0 Å². The van der Waals surface area contributed by atoms with Gasteiger partial charge in [-0.3, -0.25) is 14.4 Å². The number of likely N-dealkylation sites (N-methyl/N-ethyl adjacent to an activating group) is 2. The number of hydrogen-bond donors (Lipinski definition) is 4. The Bertz CT molecular complexity index is 1520. The predicted octanol–water partition coefficient (Wildman–Crippen LogP) is 3.44. The lowest BCUT2D eigenvalue weighted by Gasteiger charge is -2.23. The molecule has 1 heterocycles. The van der Waals surface area contributed by atoms with Crippen molar-refractivity contribution in [2.24, 2.45) is 5.73 Å². The molecule has 2 aromatic carbocycles. The fourth-order valence-corrected chi connectivity index (χ4v) is 3.67. The third kappa shape index (κ3) is 9.98. The van der Waals surface area contributed by atoms with Gasteiger partial charge in [0, 0.05) is 48.7 Å². The number of carbonyl (C=O) groups excluding carboxylic acids is 3. The van der Waals surface area contributed by atoms with Crippen molar-refractivity contribution in [2.45, 2.75) is 26.3 Å². The van der Waals surface area contributed by atoms with E-state index in [1.807, 2.05) is 25.1 Å². The lowest BCUT2D eigenvalue weighted by Crippen LogP contribution is -2.42. The van der Waals surface area contributed by atoms with Gasteiger partial charge in [-0.05, 0) is 69.9 Å². The van der Waals surface area contributed by atoms with E-state index in [1.54, 1.807) is 68.7 Å². The summed E-state index contributed by atoms with van der Waals surface area (Å²) in [6.45, 7) is 5.05. The molecule has 224 valence electrons. The maximum Gasteiger partial charge on any atom is 0.248 e. The van der Waals surface area contributed by atoms with E-state index in [4.69, 9.17) is 5.73 Å². The quantitative estimate of drug-likeness (QED) is 0.188. The molecule has 11 nitrogen and oxygen atoms in total. The Balaban J connectivity index is 1.72. The van der Waals surface area contributed by atoms with Crippen molar-refractivity contribution in [3.63, 3.8) is 0 Å². The Morgan fingerprint density at radius 2 is 1.79 bits per heavy atom. The Hall–Kier alpha value is -5.21. The number of primary amides is 1. The van der Waals surface area contributed by atoms with Gasteiger partial charge in [0.15, 0.2) is 0 Å². The average Bonchev–Trinajstić information content (AvgIpc) is 2.99. The third-order valence-electron chi connectivity index (χ3n) is 6.27. The highest BCUT2D eigenvalue weighted by molar-refractivity contribution is 5.98. The van der Waals surface area contributed by atoms with Crippen LogP contribution in [-0.4, -0.2) is 77.8 Å². The Morgan fingerprint density at radius 3 is 2.47 bits per heavy atom. The molecule has 43 heavy (non-hydrogen) atoms. The van der Waals surface area contributed by atoms with Crippen molar-refractivity contribution in [1.82, 2.24) is 19.8 Å². The van der Waals surface area contributed by atoms with Crippen molar-refractivity contribution in [1.29, 1.82) is 0 Å². The molecular formula is C32H38N8O3. The van der Waals surface area contributed by atoms with Gasteiger partial charge in [0.05, 0.1) is 11.8 Å². The van der Waals surface area contributed by atoms with E-state index in [-0.39, 0.29) is 11.8 Å². The highest BCUT2D eigenvalue weighted by Crippen LogP contribution is 2.18. The molecule has 0 radical (unpaired) electrons. The molecule has 1 atom stereocenters. The number of nitrogens with one attached hydrogen (secondary N) is 3. The topological polar surface area (TPSA) is 146 Å². The normalized spacial score (nSPS) is 11.4. The number of rotatable bonds is 12. The molecule has 0 bridgehead atoms. The lowest BCUT2D eigenvalue weighted by molar-refractivity contribution is -0.132. The smallest absolute Gasteiger partial charge is 0.248 e. The van der Waals surface area contributed by atoms with E-state index in [2.05, 4.69) is 44.7 Å². The number of nitrogens with zero attached hydrogens (tertiary/aromatic N) is 4. The van der Waals surface area contributed by atoms with Crippen molar-refractivity contribution in [2.75, 3.05) is 50.2 Å². The average molecular weight is 583 g/mol. The fraction of sp³-hybridized carbons (Fsp3) is 0.281. The third-order valence-corrected chi connectivity index (χ3v) is 6.27. The molecule has 1 unspecified atom stereocenters. The number of anilines is 4. The van der Waals surface area contributed by atoms with Crippen molar-refractivity contribution < 1.29 is 14.4 Å². The molecule has 11 heteroatoms. The van der Waals surface area contributed by atoms with E-state index in [0.717, 1.165) is 6.42 Å². The first-order valence-electron chi connectivity index (χ1n) is 13.9. The number of carbonyl (C=O) groups is 3. The summed E-state index contributed by atoms with van der Waals surface area (Å²) >= 11 is 0. The van der Waals surface area contributed by atoms with Crippen molar-refractivity contribution in [3.8, 4) is 11.8 Å². The molecular weight excluding hydrogens is 544 g/mol. The minimum absolute atomic E-state index is 0.249. The number of hydrogen-bond acceptors (Lipinski definition) is 8. The first kappa shape index (κ1) is 32.3. The Kier molecular flexibility index (Phi) is 11.8. The summed E-state index contributed by atoms with van der Waals surface area (Å²) < 4.78 is 0. The van der Waals surface area contributed by atoms with Crippen LogP contribution < -0.4 is 21.7 Å². The molecule has 1 aromatic heterocycles. The van der Waals surface area contributed by atoms with Gasteiger partial charge < -0.3 is 31.5 Å². The minimum atomic E-state index is -0.677. The van der Waals surface area contributed by atoms with E-state index < -0.39 is 11.9 Å². The van der Waals surface area contributed by atoms with Crippen LogP contribution in [-0.2, 0) is 9.59 Å². The first-order chi connectivity index (χ1) is 20.6. The molecule has 3 rings (SSSR count). The van der Waals surface area contributed by atoms with Crippen LogP contribution in [0.15, 0.2) is 66.9 Å². The van der Waals surface area contributed by atoms with E-state index in [9.17, 15) is 14.4 Å². The molecule has 3 amide bonds. The maximum absolute atomic E-state index is 12.9. The van der Waals surface area contributed by atoms with Gasteiger partial charge in [-0.2, -0.15) is 4.98 Å². The molecule has 0 aliphatic carbocycles. The van der Waals surface area contributed by atoms with Crippen LogP contribution in [0.4, 0.5) is 23.1 Å². The van der Waals surface area contributed by atoms with Crippen LogP contribution in [0.2, 0.25) is 0 Å². The molecule has 0 saturated heterocycles. The summed E-state index contributed by atoms with van der Waals surface area (Å²) in [6.07, 6.45) is 5.75. The SMILES string of the molecule is CCCNc1nc(Nc2ccc(C(N)=O)cc2)ncc1C#Cc1cccc(NC(=O)C(C)N(C)C(=O)C=CCN(C)C)c1. The fourth-order valence-electron chi connectivity index (χ4n) is 3.67. The molecule has 0 fully saturated rings. The van der Waals surface area contributed by atoms with Crippen LogP contribution in [0.25, 0.3) is 0 Å². The Morgan fingerprint density at radius 1 is 1.05 bits per heavy atom. The number of benzene rings is 2. The second kappa shape index (κ2) is 15.7. The number of amides is 3. The molecule has 0 saturated carbocycles. The highest BCUT2D eigenvalue weighted by Gasteiger charge is 2.21. The van der Waals surface area contributed by atoms with Gasteiger partial charge in [-0.15, -0.1) is 0 Å². The second-order valence-electron chi connectivity index (χ2n) is 10.1. The van der Waals surface area contributed by atoms with Gasteiger partial charge in [0.2, 0.25) is 23.7 Å². The zero-order valence-electron chi connectivity index (χ0n) is 25.1. The summed E-state index contributed by atoms with van der Waals surface area (Å²) in [5.74, 6) is 6.12. The molecule has 0 aliphatic rings. The highest BCUT2D eigenvalue weighted by atomic mass is 16.2. The molecule has 5 N–H and O–H groups in total. The number of aromatic nitrogens is 2. The monoisotopic (exact) mass is 582 g/mol. The lowest BCUT2D eigenvalue weighted by atomic mass is 10.1. The molecule has 3 aromatic rings. The van der Waals surface area contributed by atoms with E-state index in [0.29, 0.717) is 52.9 Å². The number of nitrogens with two attached hydrogens (primary N) is 1. The van der Waals surface area contributed by atoms with Gasteiger partial charge in [-0.1, -0.05) is 30.9 Å². The predicted molar refractivity (Wildman–Crippen MR) is 170 cm³/mol. The van der Waals surface area contributed by atoms with Crippen LogP contribution in [0.3, 0.4) is 0 Å². The minimum Gasteiger partial charge on any atom is -0.369 e. The van der Waals surface area contributed by atoms with Crippen LogP contribution >= 0.6 is 0 Å². The summed E-state index contributed by atoms with van der Waals surface area (Å²) in [5.41, 5.74) is 8.28. The summed E-state index contributed by atoms with van der Waals surface area (Å²) in [4.78, 5) is 48.9. The van der Waals surface area contributed by atoms with Crippen LogP contribution in [0.5, 0.6) is 0 Å². The van der Waals surface area contributed by atoms with E-state index >= 15 is 0 Å². The van der Waals surface area contributed by atoms with Crippen LogP contribution in [0.1, 0.15) is 41.8 Å². The summed E-state index contributed by atoms with van der Waals surface area (Å²) in [6, 6.07) is 13.2. The first-order valence-corrected chi connectivity index (χ1v) is 13.9. The summed E-state index contributed by atoms with van der Waals surface area (Å²) in [7, 11) is 5.42.